The molecule has 0 spiro atoms. The topological polar surface area (TPSA) is 139 Å². The van der Waals surface area contributed by atoms with Gasteiger partial charge in [0.1, 0.15) is 12.2 Å². The van der Waals surface area contributed by atoms with E-state index in [2.05, 4.69) is 32.9 Å². The first kappa shape index (κ1) is 25.3. The number of anilines is 2. The number of hydrogen-bond donors (Lipinski definition) is 3. The third-order valence-electron chi connectivity index (χ3n) is 5.87. The number of rotatable bonds is 7. The molecule has 3 N–H and O–H groups in total. The Morgan fingerprint density at radius 3 is 2.62 bits per heavy atom. The first-order valence-electron chi connectivity index (χ1n) is 11.4. The van der Waals surface area contributed by atoms with E-state index >= 15 is 0 Å². The molecule has 0 aliphatic carbocycles. The summed E-state index contributed by atoms with van der Waals surface area (Å²) in [5.74, 6) is -0.573. The third kappa shape index (κ3) is 5.40. The number of carbonyl (C=O) groups is 1. The number of nitrogens with zero attached hydrogens (tertiary/aromatic N) is 5. The van der Waals surface area contributed by atoms with Crippen LogP contribution in [-0.2, 0) is 0 Å². The molecule has 0 radical (unpaired) electrons. The predicted octanol–water partition coefficient (Wildman–Crippen LogP) is 4.03. The molecule has 1 amide bonds. The number of carbonyl (C=O) groups excluding carboxylic acids is 1. The van der Waals surface area contributed by atoms with Crippen molar-refractivity contribution in [3.63, 3.8) is 0 Å². The summed E-state index contributed by atoms with van der Waals surface area (Å²) in [7, 11) is 0. The number of alkyl halides is 1. The van der Waals surface area contributed by atoms with Crippen LogP contribution in [0.3, 0.4) is 0 Å². The summed E-state index contributed by atoms with van der Waals surface area (Å²) < 4.78 is 15.9. The van der Waals surface area contributed by atoms with E-state index in [-0.39, 0.29) is 12.1 Å². The molecule has 4 aromatic rings. The molecule has 37 heavy (non-hydrogen) atoms. The van der Waals surface area contributed by atoms with Crippen molar-refractivity contribution in [3.8, 4) is 23.5 Å². The van der Waals surface area contributed by atoms with E-state index in [1.165, 1.54) is 26.2 Å². The SMILES string of the molecule is Cc1cc(Nc2cc(-c3ccc4cc(C#N)cnn34)ncc2C(=O)NCC(F)C(C)(C)O)ccc1C#N. The number of aryl methyl sites for hydroxylation is 1. The van der Waals surface area contributed by atoms with Gasteiger partial charge >= 0.3 is 0 Å². The Bertz CT molecular complexity index is 1570. The van der Waals surface area contributed by atoms with Gasteiger partial charge in [-0.25, -0.2) is 8.91 Å². The molecule has 3 heterocycles. The van der Waals surface area contributed by atoms with Crippen LogP contribution in [0.2, 0.25) is 0 Å². The monoisotopic (exact) mass is 497 g/mol. The van der Waals surface area contributed by atoms with Crippen LogP contribution >= 0.6 is 0 Å². The van der Waals surface area contributed by atoms with Crippen LogP contribution < -0.4 is 10.6 Å². The van der Waals surface area contributed by atoms with Crippen molar-refractivity contribution in [3.05, 3.63) is 77.1 Å². The van der Waals surface area contributed by atoms with Gasteiger partial charge in [0.15, 0.2) is 0 Å². The van der Waals surface area contributed by atoms with Crippen molar-refractivity contribution < 1.29 is 14.3 Å². The summed E-state index contributed by atoms with van der Waals surface area (Å²) in [5, 5.41) is 38.3. The molecular formula is C27H24FN7O2. The summed E-state index contributed by atoms with van der Waals surface area (Å²) in [6, 6.07) is 16.3. The normalized spacial score (nSPS) is 12.0. The number of hydrogen-bond acceptors (Lipinski definition) is 7. The molecule has 0 aliphatic heterocycles. The Hall–Kier alpha value is -4.80. The predicted molar refractivity (Wildman–Crippen MR) is 136 cm³/mol. The first-order valence-corrected chi connectivity index (χ1v) is 11.4. The number of nitriles is 2. The zero-order valence-electron chi connectivity index (χ0n) is 20.5. The van der Waals surface area contributed by atoms with E-state index in [1.54, 1.807) is 53.9 Å². The number of pyridine rings is 1. The zero-order chi connectivity index (χ0) is 26.7. The minimum absolute atomic E-state index is 0.161. The van der Waals surface area contributed by atoms with Crippen LogP contribution in [0, 0.1) is 29.6 Å². The number of amides is 1. The van der Waals surface area contributed by atoms with E-state index in [0.29, 0.717) is 39.4 Å². The summed E-state index contributed by atoms with van der Waals surface area (Å²) >= 11 is 0. The van der Waals surface area contributed by atoms with Crippen LogP contribution in [0.15, 0.2) is 54.9 Å². The minimum Gasteiger partial charge on any atom is -0.387 e. The molecular weight excluding hydrogens is 473 g/mol. The van der Waals surface area contributed by atoms with Crippen LogP contribution in [0.25, 0.3) is 16.9 Å². The number of halogens is 1. The van der Waals surface area contributed by atoms with E-state index < -0.39 is 17.7 Å². The maximum atomic E-state index is 14.2. The molecule has 3 aromatic heterocycles. The van der Waals surface area contributed by atoms with Gasteiger partial charge in [-0.15, -0.1) is 0 Å². The zero-order valence-corrected chi connectivity index (χ0v) is 20.5. The quantitative estimate of drug-likeness (QED) is 0.350. The first-order chi connectivity index (χ1) is 17.6. The Kier molecular flexibility index (Phi) is 6.87. The van der Waals surface area contributed by atoms with E-state index in [0.717, 1.165) is 5.56 Å². The highest BCUT2D eigenvalue weighted by atomic mass is 19.1. The summed E-state index contributed by atoms with van der Waals surface area (Å²) in [5.41, 5.74) is 3.14. The molecule has 9 nitrogen and oxygen atoms in total. The highest BCUT2D eigenvalue weighted by molar-refractivity contribution is 6.00. The molecule has 1 atom stereocenters. The third-order valence-corrected chi connectivity index (χ3v) is 5.87. The highest BCUT2D eigenvalue weighted by Crippen LogP contribution is 2.28. The van der Waals surface area contributed by atoms with Crippen LogP contribution in [0.4, 0.5) is 15.8 Å². The molecule has 0 saturated heterocycles. The number of aromatic nitrogens is 3. The maximum absolute atomic E-state index is 14.2. The molecule has 0 aliphatic rings. The van der Waals surface area contributed by atoms with Crippen molar-refractivity contribution in [2.75, 3.05) is 11.9 Å². The van der Waals surface area contributed by atoms with Gasteiger partial charge in [-0.1, -0.05) is 0 Å². The van der Waals surface area contributed by atoms with E-state index in [1.807, 2.05) is 0 Å². The van der Waals surface area contributed by atoms with Crippen LogP contribution in [0.5, 0.6) is 0 Å². The van der Waals surface area contributed by atoms with Crippen molar-refractivity contribution in [2.24, 2.45) is 0 Å². The molecule has 1 unspecified atom stereocenters. The lowest BCUT2D eigenvalue weighted by Crippen LogP contribution is -2.42. The van der Waals surface area contributed by atoms with Gasteiger partial charge in [0.2, 0.25) is 0 Å². The second-order valence-corrected chi connectivity index (χ2v) is 9.12. The van der Waals surface area contributed by atoms with Crippen molar-refractivity contribution in [1.82, 2.24) is 19.9 Å². The summed E-state index contributed by atoms with van der Waals surface area (Å²) in [6.45, 7) is 4.08. The Morgan fingerprint density at radius 2 is 1.95 bits per heavy atom. The minimum atomic E-state index is -1.67. The molecule has 1 aromatic carbocycles. The molecule has 0 fully saturated rings. The van der Waals surface area contributed by atoms with Crippen molar-refractivity contribution in [2.45, 2.75) is 32.5 Å². The standard InChI is InChI=1S/C27H24FN7O2/c1-16-8-19(5-4-18(16)12-30)34-22-10-23(24-7-6-20-9-17(11-29)13-33-35(20)24)31-14-21(22)26(36)32-15-25(28)27(2,3)37/h4-10,13-14,25,37H,15H2,1-3H3,(H,31,34)(H,32,36). The lowest BCUT2D eigenvalue weighted by molar-refractivity contribution is -0.00177. The van der Waals surface area contributed by atoms with Gasteiger partial charge < -0.3 is 15.7 Å². The number of nitrogens with one attached hydrogen (secondary N) is 2. The van der Waals surface area contributed by atoms with Gasteiger partial charge in [0, 0.05) is 11.9 Å². The molecule has 10 heteroatoms. The smallest absolute Gasteiger partial charge is 0.255 e. The van der Waals surface area contributed by atoms with Gasteiger partial charge in [-0.2, -0.15) is 15.6 Å². The fraction of sp³-hybridized carbons (Fsp3) is 0.222. The van der Waals surface area contributed by atoms with Gasteiger partial charge in [0.05, 0.1) is 63.7 Å². The lowest BCUT2D eigenvalue weighted by Gasteiger charge is -2.22. The van der Waals surface area contributed by atoms with Gasteiger partial charge in [0.25, 0.3) is 5.91 Å². The second-order valence-electron chi connectivity index (χ2n) is 9.12. The maximum Gasteiger partial charge on any atom is 0.255 e. The average molecular weight is 498 g/mol. The molecule has 186 valence electrons. The number of aliphatic hydroxyl groups is 1. The van der Waals surface area contributed by atoms with E-state index in [4.69, 9.17) is 5.26 Å². The van der Waals surface area contributed by atoms with Crippen molar-refractivity contribution in [1.29, 1.82) is 10.5 Å². The Labute approximate surface area is 212 Å². The van der Waals surface area contributed by atoms with Gasteiger partial charge in [-0.05, 0) is 68.8 Å². The van der Waals surface area contributed by atoms with Crippen molar-refractivity contribution >= 4 is 22.8 Å². The molecule has 4 rings (SSSR count). The Balaban J connectivity index is 1.73. The van der Waals surface area contributed by atoms with Crippen LogP contribution in [-0.4, -0.2) is 43.9 Å². The largest absolute Gasteiger partial charge is 0.387 e. The number of benzene rings is 1. The lowest BCUT2D eigenvalue weighted by atomic mass is 10.0. The molecule has 0 bridgehead atoms. The molecule has 0 saturated carbocycles. The average Bonchev–Trinajstić information content (AvgIpc) is 3.29. The summed E-state index contributed by atoms with van der Waals surface area (Å²) in [6.07, 6.45) is 1.16. The van der Waals surface area contributed by atoms with E-state index in [9.17, 15) is 19.6 Å². The second kappa shape index (κ2) is 10.1. The number of fused-ring (bicyclic) bond motifs is 1. The Morgan fingerprint density at radius 1 is 1.16 bits per heavy atom. The van der Waals surface area contributed by atoms with Crippen LogP contribution in [0.1, 0.15) is 40.9 Å². The fourth-order valence-electron chi connectivity index (χ4n) is 3.68. The summed E-state index contributed by atoms with van der Waals surface area (Å²) in [4.78, 5) is 17.4. The fourth-order valence-corrected chi connectivity index (χ4v) is 3.68. The van der Waals surface area contributed by atoms with Gasteiger partial charge in [-0.3, -0.25) is 9.78 Å². The highest BCUT2D eigenvalue weighted by Gasteiger charge is 2.27.